The first-order chi connectivity index (χ1) is 15.6. The van der Waals surface area contributed by atoms with Crippen LogP contribution in [0.1, 0.15) is 81.8 Å². The number of amides is 2. The van der Waals surface area contributed by atoms with Gasteiger partial charge < -0.3 is 14.5 Å². The van der Waals surface area contributed by atoms with Crippen molar-refractivity contribution in [2.45, 2.75) is 79.1 Å². The summed E-state index contributed by atoms with van der Waals surface area (Å²) in [6, 6.07) is 0. The van der Waals surface area contributed by atoms with Gasteiger partial charge in [-0.3, -0.25) is 9.59 Å². The Labute approximate surface area is 193 Å². The van der Waals surface area contributed by atoms with Crippen molar-refractivity contribution in [3.05, 3.63) is 0 Å². The van der Waals surface area contributed by atoms with Gasteiger partial charge in [-0.1, -0.05) is 27.7 Å². The second-order valence-corrected chi connectivity index (χ2v) is 10.8. The first-order valence-corrected chi connectivity index (χ1v) is 12.8. The molecular weight excluding hydrogens is 388 g/mol. The summed E-state index contributed by atoms with van der Waals surface area (Å²) in [6.45, 7) is 9.94. The van der Waals surface area contributed by atoms with Crippen LogP contribution in [0.4, 0.5) is 0 Å². The van der Waals surface area contributed by atoms with Gasteiger partial charge in [-0.2, -0.15) is 0 Å². The van der Waals surface area contributed by atoms with Crippen molar-refractivity contribution in [1.82, 2.24) is 9.80 Å². The molecule has 0 aromatic rings. The van der Waals surface area contributed by atoms with Gasteiger partial charge in [-0.25, -0.2) is 0 Å². The number of hydrogen-bond donors (Lipinski definition) is 0. The fraction of sp³-hybridized carbons (Fsp3) is 0.923. The van der Waals surface area contributed by atoms with Crippen molar-refractivity contribution in [2.24, 2.45) is 35.5 Å². The lowest BCUT2D eigenvalue weighted by molar-refractivity contribution is -0.138. The Morgan fingerprint density at radius 2 is 1.39 bits per heavy atom. The molecule has 2 aliphatic heterocycles. The van der Waals surface area contributed by atoms with Crippen LogP contribution in [-0.2, 0) is 14.3 Å². The molecule has 5 nitrogen and oxygen atoms in total. The van der Waals surface area contributed by atoms with Crippen LogP contribution in [0.5, 0.6) is 0 Å². The van der Waals surface area contributed by atoms with Gasteiger partial charge in [0.05, 0.1) is 2.74 Å². The predicted molar refractivity (Wildman–Crippen MR) is 125 cm³/mol. The van der Waals surface area contributed by atoms with Gasteiger partial charge >= 0.3 is 0 Å². The fourth-order valence-corrected chi connectivity index (χ4v) is 5.48. The smallest absolute Gasteiger partial charge is 0.225 e. The van der Waals surface area contributed by atoms with E-state index in [1.54, 1.807) is 0 Å². The second-order valence-electron chi connectivity index (χ2n) is 10.8. The summed E-state index contributed by atoms with van der Waals surface area (Å²) < 4.78 is 22.7. The lowest BCUT2D eigenvalue weighted by Crippen LogP contribution is -2.43. The molecule has 0 atom stereocenters. The molecule has 0 aromatic heterocycles. The van der Waals surface area contributed by atoms with E-state index < -0.39 is 6.56 Å². The lowest BCUT2D eigenvalue weighted by atomic mass is 9.76. The molecule has 0 N–H and O–H groups in total. The van der Waals surface area contributed by atoms with Crippen LogP contribution >= 0.6 is 0 Å². The number of rotatable bonds is 7. The molecule has 0 spiro atoms. The predicted octanol–water partition coefficient (Wildman–Crippen LogP) is 4.60. The minimum atomic E-state index is -1.66. The van der Waals surface area contributed by atoms with Crippen LogP contribution in [0.2, 0.25) is 0 Å². The fourth-order valence-electron chi connectivity index (χ4n) is 5.48. The van der Waals surface area contributed by atoms with Crippen LogP contribution < -0.4 is 0 Å². The summed E-state index contributed by atoms with van der Waals surface area (Å²) in [5, 5.41) is 0. The van der Waals surface area contributed by atoms with Crippen molar-refractivity contribution < 1.29 is 17.1 Å². The SMILES string of the molecule is [2H]C([2H])(OCC1CCN(C(=O)C2CCC(C(C)C)CC2)CC1)C1CCN(C(=O)C(C)C)CC1. The Balaban J connectivity index is 1.37. The number of carbonyl (C=O) groups is 2. The van der Waals surface area contributed by atoms with E-state index in [9.17, 15) is 9.59 Å². The Morgan fingerprint density at radius 3 is 1.94 bits per heavy atom. The molecule has 178 valence electrons. The zero-order valence-corrected chi connectivity index (χ0v) is 20.3. The van der Waals surface area contributed by atoms with Crippen molar-refractivity contribution in [3.8, 4) is 0 Å². The monoisotopic (exact) mass is 436 g/mol. The number of nitrogens with zero attached hydrogens (tertiary/aromatic N) is 2. The molecule has 1 saturated carbocycles. The summed E-state index contributed by atoms with van der Waals surface area (Å²) >= 11 is 0. The highest BCUT2D eigenvalue weighted by atomic mass is 16.5. The van der Waals surface area contributed by atoms with Gasteiger partial charge in [0, 0.05) is 51.2 Å². The van der Waals surface area contributed by atoms with E-state index in [0.29, 0.717) is 50.3 Å². The van der Waals surface area contributed by atoms with E-state index in [1.807, 2.05) is 23.6 Å². The van der Waals surface area contributed by atoms with Crippen LogP contribution in [0, 0.1) is 35.5 Å². The molecule has 2 saturated heterocycles. The average Bonchev–Trinajstić information content (AvgIpc) is 2.82. The third kappa shape index (κ3) is 6.94. The normalized spacial score (nSPS) is 28.1. The molecule has 3 rings (SSSR count). The van der Waals surface area contributed by atoms with Gasteiger partial charge in [0.2, 0.25) is 11.8 Å². The maximum atomic E-state index is 13.0. The standard InChI is InChI=1S/C26H46N2O3/c1-19(2)23-5-7-24(8-6-23)26(30)28-15-11-22(12-16-28)18-31-17-21-9-13-27(14-10-21)25(29)20(3)4/h19-24H,5-18H2,1-4H3/i17D2. The highest BCUT2D eigenvalue weighted by Crippen LogP contribution is 2.34. The maximum Gasteiger partial charge on any atom is 0.225 e. The Morgan fingerprint density at radius 1 is 0.839 bits per heavy atom. The molecule has 5 heteroatoms. The van der Waals surface area contributed by atoms with E-state index in [4.69, 9.17) is 7.48 Å². The summed E-state index contributed by atoms with van der Waals surface area (Å²) in [4.78, 5) is 29.1. The largest absolute Gasteiger partial charge is 0.381 e. The third-order valence-electron chi connectivity index (χ3n) is 7.86. The van der Waals surface area contributed by atoms with Gasteiger partial charge in [0.25, 0.3) is 0 Å². The first kappa shape index (κ1) is 21.7. The number of ether oxygens (including phenoxy) is 1. The molecule has 0 bridgehead atoms. The number of likely N-dealkylation sites (tertiary alicyclic amines) is 2. The number of hydrogen-bond acceptors (Lipinski definition) is 3. The van der Waals surface area contributed by atoms with E-state index in [1.165, 1.54) is 12.8 Å². The van der Waals surface area contributed by atoms with Gasteiger partial charge in [-0.05, 0) is 75.0 Å². The van der Waals surface area contributed by atoms with Crippen LogP contribution in [0.15, 0.2) is 0 Å². The summed E-state index contributed by atoms with van der Waals surface area (Å²) in [5.41, 5.74) is 0. The zero-order valence-electron chi connectivity index (χ0n) is 22.3. The average molecular weight is 437 g/mol. The van der Waals surface area contributed by atoms with Crippen molar-refractivity contribution >= 4 is 11.8 Å². The molecule has 3 fully saturated rings. The summed E-state index contributed by atoms with van der Waals surface area (Å²) in [7, 11) is 0. The van der Waals surface area contributed by atoms with Crippen LogP contribution in [0.25, 0.3) is 0 Å². The minimum Gasteiger partial charge on any atom is -0.381 e. The maximum absolute atomic E-state index is 13.0. The molecule has 31 heavy (non-hydrogen) atoms. The van der Waals surface area contributed by atoms with Gasteiger partial charge in [0.1, 0.15) is 0 Å². The van der Waals surface area contributed by atoms with E-state index in [-0.39, 0.29) is 23.7 Å². The first-order valence-electron chi connectivity index (χ1n) is 13.8. The topological polar surface area (TPSA) is 49.9 Å². The molecule has 3 aliphatic rings. The summed E-state index contributed by atoms with van der Waals surface area (Å²) in [5.74, 6) is 2.32. The molecule has 2 amide bonds. The highest BCUT2D eigenvalue weighted by molar-refractivity contribution is 5.79. The van der Waals surface area contributed by atoms with Crippen molar-refractivity contribution in [1.29, 1.82) is 0 Å². The van der Waals surface area contributed by atoms with Crippen LogP contribution in [0.3, 0.4) is 0 Å². The Bertz CT molecular complexity index is 646. The van der Waals surface area contributed by atoms with Crippen LogP contribution in [-0.4, -0.2) is 61.0 Å². The minimum absolute atomic E-state index is 0.0117. The quantitative estimate of drug-likeness (QED) is 0.586. The third-order valence-corrected chi connectivity index (χ3v) is 7.86. The van der Waals surface area contributed by atoms with E-state index >= 15 is 0 Å². The van der Waals surface area contributed by atoms with Gasteiger partial charge in [0.15, 0.2) is 0 Å². The number of carbonyl (C=O) groups excluding carboxylic acids is 2. The molecule has 0 radical (unpaired) electrons. The Hall–Kier alpha value is -1.10. The number of piperidine rings is 2. The van der Waals surface area contributed by atoms with Gasteiger partial charge in [-0.15, -0.1) is 0 Å². The molecule has 1 aliphatic carbocycles. The van der Waals surface area contributed by atoms with E-state index in [0.717, 1.165) is 44.7 Å². The summed E-state index contributed by atoms with van der Waals surface area (Å²) in [6.07, 6.45) is 7.51. The second kappa shape index (κ2) is 11.7. The highest BCUT2D eigenvalue weighted by Gasteiger charge is 2.32. The zero-order chi connectivity index (χ0) is 24.2. The molecule has 2 heterocycles. The Kier molecular flexibility index (Phi) is 8.18. The van der Waals surface area contributed by atoms with Crippen molar-refractivity contribution in [2.75, 3.05) is 39.3 Å². The molecule has 0 aromatic carbocycles. The molecular formula is C26H46N2O3. The molecule has 0 unspecified atom stereocenters. The van der Waals surface area contributed by atoms with E-state index in [2.05, 4.69) is 13.8 Å². The van der Waals surface area contributed by atoms with Crippen molar-refractivity contribution in [3.63, 3.8) is 0 Å². The lowest BCUT2D eigenvalue weighted by Gasteiger charge is -2.37.